The minimum Gasteiger partial charge on any atom is -0.237 e. The maximum atomic E-state index is 8.68. The Bertz CT molecular complexity index is 577. The van der Waals surface area contributed by atoms with E-state index in [9.17, 15) is 0 Å². The molecule has 0 amide bonds. The molecule has 0 saturated heterocycles. The molecule has 2 rings (SSSR count). The number of benzene rings is 1. The molecule has 1 aromatic heterocycles. The first-order valence-corrected chi connectivity index (χ1v) is 5.25. The topological polar surface area (TPSA) is 49.0 Å². The lowest BCUT2D eigenvalue weighted by atomic mass is 10.2. The first kappa shape index (κ1) is 11.0. The summed E-state index contributed by atoms with van der Waals surface area (Å²) in [5.41, 5.74) is 2.64. The summed E-state index contributed by atoms with van der Waals surface area (Å²) in [5.74, 6) is 0.719. The lowest BCUT2D eigenvalue weighted by Crippen LogP contribution is -1.83. The van der Waals surface area contributed by atoms with Gasteiger partial charge in [-0.15, -0.1) is 0 Å². The van der Waals surface area contributed by atoms with Crippen LogP contribution in [0.4, 0.5) is 5.82 Å². The highest BCUT2D eigenvalue weighted by molar-refractivity contribution is 5.81. The third-order valence-corrected chi connectivity index (χ3v) is 2.36. The van der Waals surface area contributed by atoms with Crippen molar-refractivity contribution in [3.8, 4) is 6.07 Å². The number of aliphatic imine (C=N–C) groups is 1. The summed E-state index contributed by atoms with van der Waals surface area (Å²) >= 11 is 0. The molecule has 0 spiro atoms. The van der Waals surface area contributed by atoms with E-state index in [1.807, 2.05) is 31.2 Å². The second-order valence-electron chi connectivity index (χ2n) is 3.64. The summed E-state index contributed by atoms with van der Waals surface area (Å²) in [6.07, 6.45) is 3.47. The summed E-state index contributed by atoms with van der Waals surface area (Å²) in [6, 6.07) is 13.2. The van der Waals surface area contributed by atoms with Gasteiger partial charge < -0.3 is 0 Å². The Kier molecular flexibility index (Phi) is 3.27. The van der Waals surface area contributed by atoms with E-state index in [2.05, 4.69) is 16.0 Å². The van der Waals surface area contributed by atoms with E-state index in [0.29, 0.717) is 5.56 Å². The van der Waals surface area contributed by atoms with E-state index in [1.54, 1.807) is 24.5 Å². The zero-order valence-corrected chi connectivity index (χ0v) is 9.46. The van der Waals surface area contributed by atoms with Crippen molar-refractivity contribution in [2.45, 2.75) is 6.92 Å². The van der Waals surface area contributed by atoms with Crippen molar-refractivity contribution >= 4 is 12.0 Å². The van der Waals surface area contributed by atoms with Gasteiger partial charge in [0.15, 0.2) is 5.82 Å². The fraction of sp³-hybridized carbons (Fsp3) is 0.0714. The molecule has 0 fully saturated rings. The summed E-state index contributed by atoms with van der Waals surface area (Å²) in [7, 11) is 0. The quantitative estimate of drug-likeness (QED) is 0.732. The van der Waals surface area contributed by atoms with Gasteiger partial charge >= 0.3 is 0 Å². The molecule has 17 heavy (non-hydrogen) atoms. The third kappa shape index (κ3) is 2.76. The predicted molar refractivity (Wildman–Crippen MR) is 67.4 cm³/mol. The average molecular weight is 221 g/mol. The van der Waals surface area contributed by atoms with Crippen LogP contribution in [0.15, 0.2) is 47.6 Å². The fourth-order valence-corrected chi connectivity index (χ4v) is 1.39. The van der Waals surface area contributed by atoms with Crippen molar-refractivity contribution in [2.24, 2.45) is 4.99 Å². The molecular formula is C14H11N3. The highest BCUT2D eigenvalue weighted by Gasteiger charge is 1.94. The summed E-state index contributed by atoms with van der Waals surface area (Å²) < 4.78 is 0. The molecule has 3 heteroatoms. The standard InChI is InChI=1S/C14H11N3/c1-11-3-2-8-16-14(11)17-10-13-6-4-12(9-15)5-7-13/h2-8,10H,1H3/b17-10+. The SMILES string of the molecule is Cc1cccnc1/N=C/c1ccc(C#N)cc1. The smallest absolute Gasteiger partial charge is 0.154 e. The predicted octanol–water partition coefficient (Wildman–Crippen LogP) is 3.01. The lowest BCUT2D eigenvalue weighted by molar-refractivity contribution is 1.23. The van der Waals surface area contributed by atoms with Crippen LogP contribution in [-0.2, 0) is 0 Å². The second-order valence-corrected chi connectivity index (χ2v) is 3.64. The van der Waals surface area contributed by atoms with Crippen LogP contribution in [0.5, 0.6) is 0 Å². The molecular weight excluding hydrogens is 210 g/mol. The van der Waals surface area contributed by atoms with E-state index in [1.165, 1.54) is 0 Å². The Morgan fingerprint density at radius 1 is 1.24 bits per heavy atom. The van der Waals surface area contributed by atoms with Crippen LogP contribution in [0.1, 0.15) is 16.7 Å². The molecule has 0 radical (unpaired) electrons. The van der Waals surface area contributed by atoms with Crippen LogP contribution >= 0.6 is 0 Å². The van der Waals surface area contributed by atoms with Crippen molar-refractivity contribution in [3.63, 3.8) is 0 Å². The number of rotatable bonds is 2. The Hall–Kier alpha value is -2.47. The summed E-state index contributed by atoms with van der Waals surface area (Å²) in [4.78, 5) is 8.49. The van der Waals surface area contributed by atoms with Gasteiger partial charge in [-0.3, -0.25) is 0 Å². The van der Waals surface area contributed by atoms with Gasteiger partial charge in [0.05, 0.1) is 11.6 Å². The molecule has 1 heterocycles. The number of nitriles is 1. The van der Waals surface area contributed by atoms with Crippen molar-refractivity contribution in [3.05, 3.63) is 59.3 Å². The lowest BCUT2D eigenvalue weighted by Gasteiger charge is -1.97. The van der Waals surface area contributed by atoms with Crippen molar-refractivity contribution in [2.75, 3.05) is 0 Å². The van der Waals surface area contributed by atoms with Crippen molar-refractivity contribution in [1.29, 1.82) is 5.26 Å². The van der Waals surface area contributed by atoms with E-state index in [4.69, 9.17) is 5.26 Å². The number of pyridine rings is 1. The monoisotopic (exact) mass is 221 g/mol. The van der Waals surface area contributed by atoms with E-state index in [-0.39, 0.29) is 0 Å². The number of aromatic nitrogens is 1. The average Bonchev–Trinajstić information content (AvgIpc) is 2.38. The molecule has 0 aliphatic carbocycles. The van der Waals surface area contributed by atoms with Crippen LogP contribution in [0.3, 0.4) is 0 Å². The number of hydrogen-bond donors (Lipinski definition) is 0. The Morgan fingerprint density at radius 3 is 2.65 bits per heavy atom. The molecule has 0 aliphatic rings. The molecule has 0 atom stereocenters. The second kappa shape index (κ2) is 5.04. The Balaban J connectivity index is 2.21. The van der Waals surface area contributed by atoms with Gasteiger partial charge in [0.25, 0.3) is 0 Å². The number of aryl methyl sites for hydroxylation is 1. The molecule has 0 unspecified atom stereocenters. The van der Waals surface area contributed by atoms with Gasteiger partial charge in [0.1, 0.15) is 0 Å². The fourth-order valence-electron chi connectivity index (χ4n) is 1.39. The molecule has 0 aliphatic heterocycles. The normalized spacial score (nSPS) is 10.4. The maximum absolute atomic E-state index is 8.68. The number of nitrogens with zero attached hydrogens (tertiary/aromatic N) is 3. The highest BCUT2D eigenvalue weighted by atomic mass is 14.9. The molecule has 1 aromatic carbocycles. The maximum Gasteiger partial charge on any atom is 0.154 e. The highest BCUT2D eigenvalue weighted by Crippen LogP contribution is 2.13. The van der Waals surface area contributed by atoms with E-state index >= 15 is 0 Å². The van der Waals surface area contributed by atoms with Crippen LogP contribution in [0, 0.1) is 18.3 Å². The van der Waals surface area contributed by atoms with E-state index in [0.717, 1.165) is 16.9 Å². The summed E-state index contributed by atoms with van der Waals surface area (Å²) in [6.45, 7) is 1.97. The largest absolute Gasteiger partial charge is 0.237 e. The summed E-state index contributed by atoms with van der Waals surface area (Å²) in [5, 5.41) is 8.68. The van der Waals surface area contributed by atoms with E-state index < -0.39 is 0 Å². The van der Waals surface area contributed by atoms with Crippen molar-refractivity contribution in [1.82, 2.24) is 4.98 Å². The first-order chi connectivity index (χ1) is 8.29. The molecule has 0 N–H and O–H groups in total. The van der Waals surface area contributed by atoms with Crippen LogP contribution in [-0.4, -0.2) is 11.2 Å². The number of hydrogen-bond acceptors (Lipinski definition) is 3. The Labute approximate surface area is 100 Å². The molecule has 2 aromatic rings. The van der Waals surface area contributed by atoms with Gasteiger partial charge in [-0.2, -0.15) is 5.26 Å². The van der Waals surface area contributed by atoms with Gasteiger partial charge in [-0.1, -0.05) is 18.2 Å². The third-order valence-electron chi connectivity index (χ3n) is 2.36. The van der Waals surface area contributed by atoms with Crippen LogP contribution < -0.4 is 0 Å². The van der Waals surface area contributed by atoms with Gasteiger partial charge in [0, 0.05) is 12.4 Å². The molecule has 82 valence electrons. The van der Waals surface area contributed by atoms with Gasteiger partial charge in [0.2, 0.25) is 0 Å². The first-order valence-electron chi connectivity index (χ1n) is 5.25. The van der Waals surface area contributed by atoms with Crippen molar-refractivity contribution < 1.29 is 0 Å². The van der Waals surface area contributed by atoms with Crippen LogP contribution in [0.25, 0.3) is 0 Å². The molecule has 3 nitrogen and oxygen atoms in total. The zero-order valence-electron chi connectivity index (χ0n) is 9.46. The minimum atomic E-state index is 0.649. The Morgan fingerprint density at radius 2 is 2.00 bits per heavy atom. The zero-order chi connectivity index (χ0) is 12.1. The minimum absolute atomic E-state index is 0.649. The molecule has 0 saturated carbocycles. The molecule has 0 bridgehead atoms. The van der Waals surface area contributed by atoms with Gasteiger partial charge in [-0.25, -0.2) is 9.98 Å². The van der Waals surface area contributed by atoms with Crippen LogP contribution in [0.2, 0.25) is 0 Å². The van der Waals surface area contributed by atoms with Gasteiger partial charge in [-0.05, 0) is 36.2 Å².